The van der Waals surface area contributed by atoms with Crippen molar-refractivity contribution in [3.8, 4) is 11.3 Å². The Morgan fingerprint density at radius 1 is 1.12 bits per heavy atom. The average molecular weight is 323 g/mol. The normalized spacial score (nSPS) is 10.4. The van der Waals surface area contributed by atoms with Gasteiger partial charge in [-0.05, 0) is 25.1 Å². The lowest BCUT2D eigenvalue weighted by Crippen LogP contribution is -2.19. The van der Waals surface area contributed by atoms with Gasteiger partial charge in [0.1, 0.15) is 0 Å². The molecule has 3 heterocycles. The number of anilines is 2. The van der Waals surface area contributed by atoms with Crippen molar-refractivity contribution in [2.45, 2.75) is 6.92 Å². The minimum atomic E-state index is -0.175. The molecule has 0 aliphatic heterocycles. The third-order valence-electron chi connectivity index (χ3n) is 3.18. The summed E-state index contributed by atoms with van der Waals surface area (Å²) in [6.45, 7) is 2.91. The second-order valence-electron chi connectivity index (χ2n) is 5.10. The zero-order valence-corrected chi connectivity index (χ0v) is 13.2. The van der Waals surface area contributed by atoms with Crippen LogP contribution in [0.3, 0.4) is 0 Å². The van der Waals surface area contributed by atoms with Gasteiger partial charge in [-0.1, -0.05) is 0 Å². The van der Waals surface area contributed by atoms with Crippen LogP contribution >= 0.6 is 0 Å². The molecule has 0 spiro atoms. The molecule has 24 heavy (non-hydrogen) atoms. The molecule has 0 fully saturated rings. The van der Waals surface area contributed by atoms with E-state index in [9.17, 15) is 4.79 Å². The highest BCUT2D eigenvalue weighted by Crippen LogP contribution is 2.15. The Labute approximate surface area is 138 Å². The summed E-state index contributed by atoms with van der Waals surface area (Å²) in [5.74, 6) is 0.982. The monoisotopic (exact) mass is 323 g/mol. The van der Waals surface area contributed by atoms with E-state index in [4.69, 9.17) is 0 Å². The zero-order chi connectivity index (χ0) is 16.8. The molecule has 122 valence electrons. The summed E-state index contributed by atoms with van der Waals surface area (Å²) in [7, 11) is 0. The number of H-pyrrole nitrogens is 1. The summed E-state index contributed by atoms with van der Waals surface area (Å²) in [5, 5.41) is 6.18. The number of rotatable bonds is 6. The number of hydrogen-bond donors (Lipinski definition) is 3. The van der Waals surface area contributed by atoms with Crippen LogP contribution in [0, 0.1) is 6.92 Å². The van der Waals surface area contributed by atoms with E-state index in [1.165, 1.54) is 6.07 Å². The standard InChI is InChI=1S/C16H17N7O/c1-11-9-14(24)23-16(21-11)20-8-7-19-15-18-6-4-13(22-15)12-3-2-5-17-10-12/h2-6,9-10H,7-8H2,1H3,(H,18,19,22)(H2,20,21,23,24). The number of pyridine rings is 1. The molecule has 0 saturated carbocycles. The van der Waals surface area contributed by atoms with Crippen LogP contribution in [0.5, 0.6) is 0 Å². The Kier molecular flexibility index (Phi) is 4.76. The van der Waals surface area contributed by atoms with Crippen LogP contribution in [0.1, 0.15) is 5.69 Å². The van der Waals surface area contributed by atoms with Gasteiger partial charge in [0.15, 0.2) is 0 Å². The zero-order valence-electron chi connectivity index (χ0n) is 13.2. The topological polar surface area (TPSA) is 108 Å². The molecule has 3 rings (SSSR count). The van der Waals surface area contributed by atoms with Crippen LogP contribution in [-0.2, 0) is 0 Å². The number of hydrogen-bond acceptors (Lipinski definition) is 7. The molecule has 3 aromatic heterocycles. The Morgan fingerprint density at radius 2 is 2.00 bits per heavy atom. The van der Waals surface area contributed by atoms with Crippen molar-refractivity contribution in [2.75, 3.05) is 23.7 Å². The van der Waals surface area contributed by atoms with Gasteiger partial charge in [-0.25, -0.2) is 15.0 Å². The molecular weight excluding hydrogens is 306 g/mol. The van der Waals surface area contributed by atoms with Crippen molar-refractivity contribution in [2.24, 2.45) is 0 Å². The first-order valence-corrected chi connectivity index (χ1v) is 7.50. The first-order chi connectivity index (χ1) is 11.7. The summed E-state index contributed by atoms with van der Waals surface area (Å²) in [6.07, 6.45) is 5.18. The highest BCUT2D eigenvalue weighted by atomic mass is 16.1. The maximum absolute atomic E-state index is 11.4. The first-order valence-electron chi connectivity index (χ1n) is 7.50. The van der Waals surface area contributed by atoms with Gasteiger partial charge >= 0.3 is 0 Å². The van der Waals surface area contributed by atoms with Crippen LogP contribution in [0.4, 0.5) is 11.9 Å². The van der Waals surface area contributed by atoms with Gasteiger partial charge in [-0.3, -0.25) is 14.8 Å². The third-order valence-corrected chi connectivity index (χ3v) is 3.18. The van der Waals surface area contributed by atoms with Crippen LogP contribution in [0.2, 0.25) is 0 Å². The van der Waals surface area contributed by atoms with E-state index in [2.05, 4.69) is 35.6 Å². The molecule has 0 unspecified atom stereocenters. The molecule has 0 saturated heterocycles. The molecule has 0 aliphatic rings. The maximum Gasteiger partial charge on any atom is 0.252 e. The molecule has 0 aromatic carbocycles. The van der Waals surface area contributed by atoms with E-state index in [1.54, 1.807) is 25.5 Å². The maximum atomic E-state index is 11.4. The number of nitrogens with zero attached hydrogens (tertiary/aromatic N) is 4. The van der Waals surface area contributed by atoms with Crippen molar-refractivity contribution >= 4 is 11.9 Å². The van der Waals surface area contributed by atoms with Crippen molar-refractivity contribution in [3.05, 3.63) is 58.9 Å². The van der Waals surface area contributed by atoms with E-state index in [0.717, 1.165) is 11.3 Å². The van der Waals surface area contributed by atoms with Gasteiger partial charge in [0.05, 0.1) is 5.69 Å². The minimum Gasteiger partial charge on any atom is -0.354 e. The van der Waals surface area contributed by atoms with Gasteiger partial charge in [0.2, 0.25) is 11.9 Å². The molecule has 0 radical (unpaired) electrons. The van der Waals surface area contributed by atoms with Gasteiger partial charge < -0.3 is 10.6 Å². The molecule has 8 nitrogen and oxygen atoms in total. The minimum absolute atomic E-state index is 0.175. The van der Waals surface area contributed by atoms with Crippen LogP contribution in [0.25, 0.3) is 11.3 Å². The largest absolute Gasteiger partial charge is 0.354 e. The number of aromatic nitrogens is 5. The Morgan fingerprint density at radius 3 is 2.79 bits per heavy atom. The molecule has 8 heteroatoms. The van der Waals surface area contributed by atoms with E-state index < -0.39 is 0 Å². The third kappa shape index (κ3) is 4.13. The van der Waals surface area contributed by atoms with Gasteiger partial charge in [0, 0.05) is 49.0 Å². The fraction of sp³-hybridized carbons (Fsp3) is 0.188. The molecule has 0 amide bonds. The van der Waals surface area contributed by atoms with Crippen LogP contribution in [0.15, 0.2) is 47.7 Å². The number of nitrogens with one attached hydrogen (secondary N) is 3. The van der Waals surface area contributed by atoms with Crippen molar-refractivity contribution in [1.29, 1.82) is 0 Å². The molecule has 3 aromatic rings. The van der Waals surface area contributed by atoms with Crippen LogP contribution < -0.4 is 16.2 Å². The lowest BCUT2D eigenvalue weighted by molar-refractivity contribution is 0.979. The quantitative estimate of drug-likeness (QED) is 0.589. The second-order valence-corrected chi connectivity index (χ2v) is 5.10. The SMILES string of the molecule is Cc1cc(=O)[nH]c(NCCNc2nccc(-c3cccnc3)n2)n1. The first kappa shape index (κ1) is 15.6. The van der Waals surface area contributed by atoms with E-state index in [1.807, 2.05) is 18.2 Å². The summed E-state index contributed by atoms with van der Waals surface area (Å²) < 4.78 is 0. The summed E-state index contributed by atoms with van der Waals surface area (Å²) in [6, 6.07) is 7.09. The van der Waals surface area contributed by atoms with Gasteiger partial charge in [0.25, 0.3) is 5.56 Å². The number of aryl methyl sites for hydroxylation is 1. The fourth-order valence-corrected chi connectivity index (χ4v) is 2.14. The van der Waals surface area contributed by atoms with E-state index in [0.29, 0.717) is 30.7 Å². The molecule has 0 atom stereocenters. The molecule has 0 bridgehead atoms. The smallest absolute Gasteiger partial charge is 0.252 e. The summed E-state index contributed by atoms with van der Waals surface area (Å²) in [4.78, 5) is 30.9. The predicted molar refractivity (Wildman–Crippen MR) is 91.8 cm³/mol. The summed E-state index contributed by atoms with van der Waals surface area (Å²) >= 11 is 0. The second kappa shape index (κ2) is 7.32. The summed E-state index contributed by atoms with van der Waals surface area (Å²) in [5.41, 5.74) is 2.23. The van der Waals surface area contributed by atoms with Crippen molar-refractivity contribution < 1.29 is 0 Å². The lowest BCUT2D eigenvalue weighted by atomic mass is 10.2. The predicted octanol–water partition coefficient (Wildman–Crippen LogP) is 1.45. The van der Waals surface area contributed by atoms with Crippen molar-refractivity contribution in [3.63, 3.8) is 0 Å². The van der Waals surface area contributed by atoms with E-state index in [-0.39, 0.29) is 5.56 Å². The lowest BCUT2D eigenvalue weighted by Gasteiger charge is -2.08. The average Bonchev–Trinajstić information content (AvgIpc) is 2.59. The van der Waals surface area contributed by atoms with Gasteiger partial charge in [-0.15, -0.1) is 0 Å². The Hall–Kier alpha value is -3.29. The highest BCUT2D eigenvalue weighted by Gasteiger charge is 2.02. The van der Waals surface area contributed by atoms with Crippen LogP contribution in [-0.4, -0.2) is 38.0 Å². The van der Waals surface area contributed by atoms with Gasteiger partial charge in [-0.2, -0.15) is 0 Å². The fourth-order valence-electron chi connectivity index (χ4n) is 2.14. The van der Waals surface area contributed by atoms with E-state index >= 15 is 0 Å². The van der Waals surface area contributed by atoms with Crippen molar-refractivity contribution in [1.82, 2.24) is 24.9 Å². The molecule has 0 aliphatic carbocycles. The Bertz CT molecular complexity index is 864. The Balaban J connectivity index is 1.56. The number of aromatic amines is 1. The molecular formula is C16H17N7O. The highest BCUT2D eigenvalue weighted by molar-refractivity contribution is 5.58. The molecule has 3 N–H and O–H groups in total.